The highest BCUT2D eigenvalue weighted by molar-refractivity contribution is 6.31. The second kappa shape index (κ2) is 6.03. The zero-order chi connectivity index (χ0) is 14.7. The summed E-state index contributed by atoms with van der Waals surface area (Å²) in [6.07, 6.45) is -0.648. The molecule has 0 heterocycles. The average molecular weight is 292 g/mol. The van der Waals surface area contributed by atoms with Crippen molar-refractivity contribution in [2.45, 2.75) is 19.4 Å². The number of aliphatic hydroxyl groups is 1. The van der Waals surface area contributed by atoms with Crippen molar-refractivity contribution in [2.75, 3.05) is 0 Å². The van der Waals surface area contributed by atoms with Crippen molar-refractivity contribution in [2.24, 2.45) is 0 Å². The SMILES string of the molecule is Cc1ccc(C(O)Cc2ccccc2[N+](=O)[O-])cc1Cl. The number of hydrogen-bond donors (Lipinski definition) is 1. The molecule has 0 aliphatic heterocycles. The Morgan fingerprint density at radius 3 is 2.65 bits per heavy atom. The van der Waals surface area contributed by atoms with E-state index in [1.165, 1.54) is 6.07 Å². The van der Waals surface area contributed by atoms with Gasteiger partial charge >= 0.3 is 0 Å². The molecule has 0 saturated heterocycles. The van der Waals surface area contributed by atoms with Crippen LogP contribution in [0.2, 0.25) is 5.02 Å². The molecule has 1 atom stereocenters. The first-order valence-corrected chi connectivity index (χ1v) is 6.53. The number of aryl methyl sites for hydroxylation is 1. The number of rotatable bonds is 4. The fourth-order valence-electron chi connectivity index (χ4n) is 2.00. The van der Waals surface area contributed by atoms with Crippen LogP contribution in [0.1, 0.15) is 22.8 Å². The van der Waals surface area contributed by atoms with E-state index in [-0.39, 0.29) is 12.1 Å². The van der Waals surface area contributed by atoms with Crippen LogP contribution in [-0.2, 0) is 6.42 Å². The van der Waals surface area contributed by atoms with Crippen LogP contribution >= 0.6 is 11.6 Å². The molecule has 0 saturated carbocycles. The van der Waals surface area contributed by atoms with Crippen molar-refractivity contribution in [1.29, 1.82) is 0 Å². The smallest absolute Gasteiger partial charge is 0.272 e. The normalized spacial score (nSPS) is 12.2. The Morgan fingerprint density at radius 2 is 2.00 bits per heavy atom. The van der Waals surface area contributed by atoms with Crippen LogP contribution in [0.4, 0.5) is 5.69 Å². The number of benzene rings is 2. The highest BCUT2D eigenvalue weighted by Crippen LogP contribution is 2.27. The first-order chi connectivity index (χ1) is 9.49. The maximum atomic E-state index is 10.9. The molecular formula is C15H14ClNO3. The molecule has 0 aromatic heterocycles. The first-order valence-electron chi connectivity index (χ1n) is 6.15. The fourth-order valence-corrected chi connectivity index (χ4v) is 2.19. The van der Waals surface area contributed by atoms with Crippen LogP contribution in [0.25, 0.3) is 0 Å². The van der Waals surface area contributed by atoms with Crippen molar-refractivity contribution in [1.82, 2.24) is 0 Å². The zero-order valence-electron chi connectivity index (χ0n) is 10.9. The van der Waals surface area contributed by atoms with E-state index in [0.29, 0.717) is 16.1 Å². The number of nitro benzene ring substituents is 1. The van der Waals surface area contributed by atoms with Crippen molar-refractivity contribution in [3.63, 3.8) is 0 Å². The van der Waals surface area contributed by atoms with E-state index in [1.807, 2.05) is 13.0 Å². The summed E-state index contributed by atoms with van der Waals surface area (Å²) in [5.41, 5.74) is 2.10. The molecule has 1 N–H and O–H groups in total. The maximum Gasteiger partial charge on any atom is 0.272 e. The number of nitrogens with zero attached hydrogens (tertiary/aromatic N) is 1. The quantitative estimate of drug-likeness (QED) is 0.688. The minimum absolute atomic E-state index is 0.0183. The Hall–Kier alpha value is -1.91. The molecule has 0 aliphatic rings. The van der Waals surface area contributed by atoms with Gasteiger partial charge in [-0.25, -0.2) is 0 Å². The maximum absolute atomic E-state index is 10.9. The molecule has 2 aromatic carbocycles. The van der Waals surface area contributed by atoms with E-state index in [4.69, 9.17) is 11.6 Å². The molecular weight excluding hydrogens is 278 g/mol. The van der Waals surface area contributed by atoms with Gasteiger partial charge in [-0.05, 0) is 24.1 Å². The topological polar surface area (TPSA) is 63.4 Å². The number of halogens is 1. The van der Waals surface area contributed by atoms with Crippen molar-refractivity contribution < 1.29 is 10.0 Å². The largest absolute Gasteiger partial charge is 0.388 e. The molecule has 5 heteroatoms. The highest BCUT2D eigenvalue weighted by Gasteiger charge is 2.17. The van der Waals surface area contributed by atoms with E-state index in [9.17, 15) is 15.2 Å². The Labute approximate surface area is 121 Å². The summed E-state index contributed by atoms with van der Waals surface area (Å²) in [5, 5.41) is 21.7. The second-order valence-electron chi connectivity index (χ2n) is 4.61. The van der Waals surface area contributed by atoms with Crippen molar-refractivity contribution in [3.05, 3.63) is 74.3 Å². The Bertz CT molecular complexity index is 643. The van der Waals surface area contributed by atoms with Crippen LogP contribution in [0.15, 0.2) is 42.5 Å². The molecule has 0 spiro atoms. The lowest BCUT2D eigenvalue weighted by molar-refractivity contribution is -0.385. The van der Waals surface area contributed by atoms with Crippen LogP contribution in [0.5, 0.6) is 0 Å². The van der Waals surface area contributed by atoms with Crippen LogP contribution in [0, 0.1) is 17.0 Å². The van der Waals surface area contributed by atoms with Crippen molar-refractivity contribution >= 4 is 17.3 Å². The summed E-state index contributed by atoms with van der Waals surface area (Å²) in [5.74, 6) is 0. The second-order valence-corrected chi connectivity index (χ2v) is 5.02. The molecule has 0 aliphatic carbocycles. The third kappa shape index (κ3) is 3.15. The number of aliphatic hydroxyl groups excluding tert-OH is 1. The number of nitro groups is 1. The molecule has 0 radical (unpaired) electrons. The van der Waals surface area contributed by atoms with Gasteiger partial charge in [0, 0.05) is 23.1 Å². The van der Waals surface area contributed by atoms with Gasteiger partial charge in [-0.15, -0.1) is 0 Å². The van der Waals surface area contributed by atoms with Gasteiger partial charge in [0.1, 0.15) is 0 Å². The van der Waals surface area contributed by atoms with Crippen LogP contribution in [0.3, 0.4) is 0 Å². The lowest BCUT2D eigenvalue weighted by atomic mass is 9.99. The lowest BCUT2D eigenvalue weighted by Crippen LogP contribution is -2.04. The summed E-state index contributed by atoms with van der Waals surface area (Å²) < 4.78 is 0. The summed E-state index contributed by atoms with van der Waals surface area (Å²) in [6.45, 7) is 1.88. The molecule has 104 valence electrons. The molecule has 0 fully saturated rings. The molecule has 1 unspecified atom stereocenters. The Balaban J connectivity index is 2.25. The fraction of sp³-hybridized carbons (Fsp3) is 0.200. The van der Waals surface area contributed by atoms with E-state index in [2.05, 4.69) is 0 Å². The minimum atomic E-state index is -0.825. The third-order valence-corrected chi connectivity index (χ3v) is 3.59. The monoisotopic (exact) mass is 291 g/mol. The van der Waals surface area contributed by atoms with Gasteiger partial charge in [0.25, 0.3) is 5.69 Å². The van der Waals surface area contributed by atoms with Crippen LogP contribution in [-0.4, -0.2) is 10.0 Å². The molecule has 2 aromatic rings. The van der Waals surface area contributed by atoms with E-state index >= 15 is 0 Å². The van der Waals surface area contributed by atoms with E-state index < -0.39 is 11.0 Å². The van der Waals surface area contributed by atoms with Gasteiger partial charge < -0.3 is 5.11 Å². The summed E-state index contributed by atoms with van der Waals surface area (Å²) in [7, 11) is 0. The minimum Gasteiger partial charge on any atom is -0.388 e. The van der Waals surface area contributed by atoms with Crippen molar-refractivity contribution in [3.8, 4) is 0 Å². The number of para-hydroxylation sites is 1. The molecule has 20 heavy (non-hydrogen) atoms. The van der Waals surface area contributed by atoms with Crippen LogP contribution < -0.4 is 0 Å². The van der Waals surface area contributed by atoms with Gasteiger partial charge in [0.05, 0.1) is 11.0 Å². The van der Waals surface area contributed by atoms with Gasteiger partial charge in [-0.2, -0.15) is 0 Å². The standard InChI is InChI=1S/C15H14ClNO3/c1-10-6-7-12(8-13(10)16)15(18)9-11-4-2-3-5-14(11)17(19)20/h2-8,15,18H,9H2,1H3. The average Bonchev–Trinajstić information content (AvgIpc) is 2.42. The Kier molecular flexibility index (Phi) is 4.37. The van der Waals surface area contributed by atoms with Gasteiger partial charge in [-0.3, -0.25) is 10.1 Å². The molecule has 4 nitrogen and oxygen atoms in total. The van der Waals surface area contributed by atoms with Gasteiger partial charge in [0.15, 0.2) is 0 Å². The summed E-state index contributed by atoms with van der Waals surface area (Å²) in [4.78, 5) is 10.5. The van der Waals surface area contributed by atoms with E-state index in [0.717, 1.165) is 5.56 Å². The predicted octanol–water partition coefficient (Wildman–Crippen LogP) is 3.83. The lowest BCUT2D eigenvalue weighted by Gasteiger charge is -2.12. The zero-order valence-corrected chi connectivity index (χ0v) is 11.7. The van der Waals surface area contributed by atoms with Gasteiger partial charge in [0.2, 0.25) is 0 Å². The molecule has 0 amide bonds. The third-order valence-electron chi connectivity index (χ3n) is 3.18. The first kappa shape index (κ1) is 14.5. The number of hydrogen-bond acceptors (Lipinski definition) is 3. The highest BCUT2D eigenvalue weighted by atomic mass is 35.5. The molecule has 2 rings (SSSR count). The summed E-state index contributed by atoms with van der Waals surface area (Å²) >= 11 is 6.02. The Morgan fingerprint density at radius 1 is 1.30 bits per heavy atom. The predicted molar refractivity (Wildman–Crippen MR) is 77.9 cm³/mol. The molecule has 0 bridgehead atoms. The van der Waals surface area contributed by atoms with E-state index in [1.54, 1.807) is 30.3 Å². The van der Waals surface area contributed by atoms with Gasteiger partial charge in [-0.1, -0.05) is 41.9 Å². The summed E-state index contributed by atoms with van der Waals surface area (Å²) in [6, 6.07) is 11.7.